The molecule has 0 aliphatic rings. The first-order valence-electron chi connectivity index (χ1n) is 6.20. The molecule has 0 bridgehead atoms. The third-order valence-corrected chi connectivity index (χ3v) is 3.71. The van der Waals surface area contributed by atoms with E-state index < -0.39 is 15.7 Å². The standard InChI is InChI=1S/C13H15N3O4S/c1-8(2)12-11(15-7-20-12)13(17)16-9-4-5-10(14-6-9)21(3,18)19/h4-8H,1-3H3,(H,16,17). The SMILES string of the molecule is CC(C)c1ocnc1C(=O)Nc1ccc(S(C)(=O)=O)nc1. The number of hydrogen-bond acceptors (Lipinski definition) is 6. The number of nitrogens with zero attached hydrogens (tertiary/aromatic N) is 2. The fourth-order valence-electron chi connectivity index (χ4n) is 1.70. The van der Waals surface area contributed by atoms with Crippen molar-refractivity contribution in [1.29, 1.82) is 0 Å². The van der Waals surface area contributed by atoms with Crippen molar-refractivity contribution in [2.24, 2.45) is 0 Å². The van der Waals surface area contributed by atoms with Crippen LogP contribution in [0.15, 0.2) is 34.2 Å². The Morgan fingerprint density at radius 3 is 2.52 bits per heavy atom. The van der Waals surface area contributed by atoms with Crippen LogP contribution in [0.3, 0.4) is 0 Å². The molecule has 0 aliphatic carbocycles. The summed E-state index contributed by atoms with van der Waals surface area (Å²) in [5.41, 5.74) is 0.585. The average Bonchev–Trinajstić information content (AvgIpc) is 2.87. The van der Waals surface area contributed by atoms with Crippen LogP contribution in [0.4, 0.5) is 5.69 Å². The summed E-state index contributed by atoms with van der Waals surface area (Å²) in [6.45, 7) is 3.78. The minimum Gasteiger partial charge on any atom is -0.447 e. The van der Waals surface area contributed by atoms with E-state index in [-0.39, 0.29) is 16.6 Å². The number of nitrogens with one attached hydrogen (secondary N) is 1. The van der Waals surface area contributed by atoms with Gasteiger partial charge in [-0.05, 0) is 12.1 Å². The molecule has 0 saturated heterocycles. The Hall–Kier alpha value is -2.22. The predicted octanol–water partition coefficient (Wildman–Crippen LogP) is 1.85. The second kappa shape index (κ2) is 5.65. The van der Waals surface area contributed by atoms with Crippen molar-refractivity contribution in [3.63, 3.8) is 0 Å². The van der Waals surface area contributed by atoms with Gasteiger partial charge in [-0.3, -0.25) is 4.79 Å². The number of carbonyl (C=O) groups excluding carboxylic acids is 1. The summed E-state index contributed by atoms with van der Waals surface area (Å²) in [5.74, 6) is 0.0913. The van der Waals surface area contributed by atoms with Gasteiger partial charge in [0.15, 0.2) is 27.0 Å². The lowest BCUT2D eigenvalue weighted by Gasteiger charge is -2.06. The topological polar surface area (TPSA) is 102 Å². The molecule has 0 atom stereocenters. The lowest BCUT2D eigenvalue weighted by atomic mass is 10.1. The minimum atomic E-state index is -3.36. The summed E-state index contributed by atoms with van der Waals surface area (Å²) in [7, 11) is -3.36. The van der Waals surface area contributed by atoms with E-state index in [2.05, 4.69) is 15.3 Å². The van der Waals surface area contributed by atoms with Crippen molar-refractivity contribution in [2.45, 2.75) is 24.8 Å². The van der Waals surface area contributed by atoms with E-state index >= 15 is 0 Å². The maximum absolute atomic E-state index is 12.1. The number of aromatic nitrogens is 2. The number of hydrogen-bond donors (Lipinski definition) is 1. The Kier molecular flexibility index (Phi) is 4.08. The van der Waals surface area contributed by atoms with Crippen molar-refractivity contribution >= 4 is 21.4 Å². The molecule has 0 fully saturated rings. The van der Waals surface area contributed by atoms with Gasteiger partial charge in [-0.1, -0.05) is 13.8 Å². The van der Waals surface area contributed by atoms with Crippen molar-refractivity contribution in [2.75, 3.05) is 11.6 Å². The van der Waals surface area contributed by atoms with Gasteiger partial charge in [0.2, 0.25) is 0 Å². The molecule has 0 aromatic carbocycles. The summed E-state index contributed by atoms with van der Waals surface area (Å²) in [5, 5.41) is 2.55. The molecule has 7 nitrogen and oxygen atoms in total. The van der Waals surface area contributed by atoms with E-state index in [1.165, 1.54) is 24.7 Å². The first-order valence-corrected chi connectivity index (χ1v) is 8.09. The lowest BCUT2D eigenvalue weighted by Crippen LogP contribution is -2.15. The fourth-order valence-corrected chi connectivity index (χ4v) is 2.26. The molecule has 2 aromatic heterocycles. The van der Waals surface area contributed by atoms with Gasteiger partial charge < -0.3 is 9.73 Å². The predicted molar refractivity (Wildman–Crippen MR) is 75.9 cm³/mol. The molecule has 8 heteroatoms. The molecule has 2 heterocycles. The Labute approximate surface area is 122 Å². The van der Waals surface area contributed by atoms with Crippen LogP contribution < -0.4 is 5.32 Å². The van der Waals surface area contributed by atoms with Gasteiger partial charge in [0.05, 0.1) is 11.9 Å². The maximum atomic E-state index is 12.1. The molecule has 1 N–H and O–H groups in total. The molecule has 1 amide bonds. The summed E-state index contributed by atoms with van der Waals surface area (Å²) in [6, 6.07) is 2.80. The molecule has 0 unspecified atom stereocenters. The van der Waals surface area contributed by atoms with E-state index in [9.17, 15) is 13.2 Å². The van der Waals surface area contributed by atoms with Gasteiger partial charge in [0, 0.05) is 12.2 Å². The number of pyridine rings is 1. The number of amides is 1. The normalized spacial score (nSPS) is 11.6. The second-order valence-electron chi connectivity index (χ2n) is 4.83. The average molecular weight is 309 g/mol. The smallest absolute Gasteiger partial charge is 0.277 e. The highest BCUT2D eigenvalue weighted by Gasteiger charge is 2.19. The molecular weight excluding hydrogens is 294 g/mol. The zero-order valence-corrected chi connectivity index (χ0v) is 12.6. The highest BCUT2D eigenvalue weighted by molar-refractivity contribution is 7.90. The first-order chi connectivity index (χ1) is 9.79. The van der Waals surface area contributed by atoms with Crippen molar-refractivity contribution in [1.82, 2.24) is 9.97 Å². The zero-order chi connectivity index (χ0) is 15.6. The molecule has 21 heavy (non-hydrogen) atoms. The van der Waals surface area contributed by atoms with E-state index in [1.54, 1.807) is 0 Å². The number of carbonyl (C=O) groups is 1. The van der Waals surface area contributed by atoms with Crippen LogP contribution in [-0.4, -0.2) is 30.5 Å². The van der Waals surface area contributed by atoms with Gasteiger partial charge in [0.25, 0.3) is 5.91 Å². The van der Waals surface area contributed by atoms with Crippen molar-refractivity contribution in [3.05, 3.63) is 36.2 Å². The van der Waals surface area contributed by atoms with Gasteiger partial charge in [-0.25, -0.2) is 18.4 Å². The van der Waals surface area contributed by atoms with Gasteiger partial charge in [-0.15, -0.1) is 0 Å². The number of oxazole rings is 1. The Morgan fingerprint density at radius 2 is 2.00 bits per heavy atom. The second-order valence-corrected chi connectivity index (χ2v) is 6.79. The summed E-state index contributed by atoms with van der Waals surface area (Å²) >= 11 is 0. The summed E-state index contributed by atoms with van der Waals surface area (Å²) in [4.78, 5) is 19.8. The van der Waals surface area contributed by atoms with Gasteiger partial charge in [0.1, 0.15) is 5.76 Å². The fraction of sp³-hybridized carbons (Fsp3) is 0.308. The Balaban J connectivity index is 2.18. The number of sulfone groups is 1. The Morgan fingerprint density at radius 1 is 1.29 bits per heavy atom. The number of rotatable bonds is 4. The minimum absolute atomic E-state index is 0.0268. The van der Waals surface area contributed by atoms with Crippen LogP contribution in [-0.2, 0) is 9.84 Å². The van der Waals surface area contributed by atoms with E-state index in [1.807, 2.05) is 13.8 Å². The largest absolute Gasteiger partial charge is 0.447 e. The first kappa shape index (κ1) is 15.2. The quantitative estimate of drug-likeness (QED) is 0.924. The Bertz CT molecular complexity index is 748. The van der Waals surface area contributed by atoms with Gasteiger partial charge >= 0.3 is 0 Å². The summed E-state index contributed by atoms with van der Waals surface area (Å²) in [6.07, 6.45) is 3.57. The maximum Gasteiger partial charge on any atom is 0.277 e. The number of anilines is 1. The highest BCUT2D eigenvalue weighted by Crippen LogP contribution is 2.19. The molecule has 112 valence electrons. The van der Waals surface area contributed by atoms with Crippen LogP contribution >= 0.6 is 0 Å². The lowest BCUT2D eigenvalue weighted by molar-refractivity contribution is 0.102. The van der Waals surface area contributed by atoms with Crippen LogP contribution in [0.5, 0.6) is 0 Å². The molecule has 0 radical (unpaired) electrons. The molecule has 2 aromatic rings. The molecule has 0 aliphatic heterocycles. The third kappa shape index (κ3) is 3.46. The molecular formula is C13H15N3O4S. The van der Waals surface area contributed by atoms with E-state index in [0.29, 0.717) is 11.4 Å². The van der Waals surface area contributed by atoms with Crippen molar-refractivity contribution in [3.8, 4) is 0 Å². The monoisotopic (exact) mass is 309 g/mol. The van der Waals surface area contributed by atoms with E-state index in [0.717, 1.165) is 6.26 Å². The summed E-state index contributed by atoms with van der Waals surface area (Å²) < 4.78 is 27.8. The van der Waals surface area contributed by atoms with Crippen molar-refractivity contribution < 1.29 is 17.6 Å². The van der Waals surface area contributed by atoms with E-state index in [4.69, 9.17) is 4.42 Å². The molecule has 2 rings (SSSR count). The van der Waals surface area contributed by atoms with Crippen LogP contribution in [0.25, 0.3) is 0 Å². The molecule has 0 spiro atoms. The molecule has 0 saturated carbocycles. The van der Waals surface area contributed by atoms with Crippen LogP contribution in [0.2, 0.25) is 0 Å². The third-order valence-electron chi connectivity index (χ3n) is 2.71. The van der Waals surface area contributed by atoms with Gasteiger partial charge in [-0.2, -0.15) is 0 Å². The zero-order valence-electron chi connectivity index (χ0n) is 11.8. The van der Waals surface area contributed by atoms with Crippen LogP contribution in [0.1, 0.15) is 36.0 Å². The highest BCUT2D eigenvalue weighted by atomic mass is 32.2. The van der Waals surface area contributed by atoms with Crippen LogP contribution in [0, 0.1) is 0 Å².